The molecule has 0 atom stereocenters. The predicted octanol–water partition coefficient (Wildman–Crippen LogP) is 6.74. The van der Waals surface area contributed by atoms with Crippen molar-refractivity contribution in [2.45, 2.75) is 45.0 Å². The Kier molecular flexibility index (Phi) is 11.3. The van der Waals surface area contributed by atoms with Crippen molar-refractivity contribution in [3.63, 3.8) is 0 Å². The maximum Gasteiger partial charge on any atom is 0.433 e. The number of hydrogen-bond donors (Lipinski definition) is 0. The fourth-order valence-electron chi connectivity index (χ4n) is 3.67. The molecule has 7 nitrogen and oxygen atoms in total. The van der Waals surface area contributed by atoms with Crippen molar-refractivity contribution < 1.29 is 61.5 Å². The van der Waals surface area contributed by atoms with Gasteiger partial charge in [0.15, 0.2) is 17.5 Å². The maximum atomic E-state index is 16.0. The SMILES string of the molecule is CC/C=C(/N=C(\C=C(/C)C(F)(F)F)C(F)(F)F)C(\C#N)=c1\c(F)c(C#N)/c(=C(/C#N)c2nc(C(F)(F)F)cc(C(F)(F)F)n2)c(F)c1C#N. The number of aliphatic imine (C=N–C) groups is 1. The zero-order chi connectivity index (χ0) is 37.9. The van der Waals surface area contributed by atoms with Gasteiger partial charge in [-0.3, -0.25) is 0 Å². The Bertz CT molecular complexity index is 2040. The van der Waals surface area contributed by atoms with Crippen LogP contribution in [0.15, 0.2) is 34.5 Å². The first-order valence-electron chi connectivity index (χ1n) is 12.4. The highest BCUT2D eigenvalue weighted by molar-refractivity contribution is 6.02. The molecular formula is C28H11F14N7. The van der Waals surface area contributed by atoms with E-state index in [9.17, 15) is 73.7 Å². The fourth-order valence-corrected chi connectivity index (χ4v) is 3.67. The van der Waals surface area contributed by atoms with Crippen LogP contribution in [-0.2, 0) is 12.4 Å². The van der Waals surface area contributed by atoms with Crippen molar-refractivity contribution in [2.75, 3.05) is 0 Å². The van der Waals surface area contributed by atoms with Crippen LogP contribution in [-0.4, -0.2) is 28.0 Å². The molecule has 0 aliphatic rings. The molecule has 0 unspecified atom stereocenters. The molecule has 0 radical (unpaired) electrons. The van der Waals surface area contributed by atoms with E-state index in [-0.39, 0.29) is 6.92 Å². The molecule has 0 aliphatic heterocycles. The van der Waals surface area contributed by atoms with Gasteiger partial charge >= 0.3 is 24.7 Å². The first kappa shape index (κ1) is 39.3. The smallest absolute Gasteiger partial charge is 0.243 e. The number of alkyl halides is 12. The highest BCUT2D eigenvalue weighted by Gasteiger charge is 2.41. The molecule has 0 saturated carbocycles. The molecule has 0 N–H and O–H groups in total. The van der Waals surface area contributed by atoms with E-state index in [4.69, 9.17) is 0 Å². The molecule has 0 saturated heterocycles. The standard InChI is InChI=1S/C28H11F14N7/c1-3-4-16(47-17(26(34,35)36)5-11(2)25(31,32)33)12(7-43)20-13(8-44)23(30)21(14(9-45)22(20)29)15(10-46)24-48-18(27(37,38)39)6-19(49-24)28(40,41)42/h4-6H,3H2,1-2H3/b11-5+,16-4+,20-12+,21-15+,47-17+. The summed E-state index contributed by atoms with van der Waals surface area (Å²) in [6, 6.07) is 3.33. The van der Waals surface area contributed by atoms with Crippen LogP contribution in [0.2, 0.25) is 0 Å². The molecular weight excluding hydrogens is 700 g/mol. The zero-order valence-corrected chi connectivity index (χ0v) is 23.9. The van der Waals surface area contributed by atoms with Gasteiger partial charge < -0.3 is 0 Å². The number of benzene rings is 1. The lowest BCUT2D eigenvalue weighted by Gasteiger charge is -2.13. The Morgan fingerprint density at radius 1 is 0.755 bits per heavy atom. The lowest BCUT2D eigenvalue weighted by molar-refractivity contribution is -0.147. The molecule has 1 aromatic heterocycles. The van der Waals surface area contributed by atoms with Crippen molar-refractivity contribution in [3.05, 3.63) is 79.9 Å². The number of rotatable bonds is 5. The van der Waals surface area contributed by atoms with Gasteiger partial charge in [-0.15, -0.1) is 0 Å². The zero-order valence-electron chi connectivity index (χ0n) is 23.9. The van der Waals surface area contributed by atoms with Gasteiger partial charge in [-0.05, 0) is 25.5 Å². The van der Waals surface area contributed by atoms with Gasteiger partial charge in [0.05, 0.1) is 21.7 Å². The van der Waals surface area contributed by atoms with E-state index in [2.05, 4.69) is 15.0 Å². The minimum Gasteiger partial charge on any atom is -0.243 e. The van der Waals surface area contributed by atoms with Gasteiger partial charge in [0.1, 0.15) is 58.1 Å². The summed E-state index contributed by atoms with van der Waals surface area (Å²) in [5.41, 5.74) is -16.9. The molecule has 1 aromatic carbocycles. The summed E-state index contributed by atoms with van der Waals surface area (Å²) in [5.74, 6) is -6.35. The summed E-state index contributed by atoms with van der Waals surface area (Å²) in [4.78, 5) is 8.44. The molecule has 0 spiro atoms. The van der Waals surface area contributed by atoms with Crippen LogP contribution < -0.4 is 10.4 Å². The number of hydrogen-bond acceptors (Lipinski definition) is 7. The van der Waals surface area contributed by atoms with Gasteiger partial charge in [0.25, 0.3) is 0 Å². The van der Waals surface area contributed by atoms with E-state index >= 15 is 8.78 Å². The largest absolute Gasteiger partial charge is 0.433 e. The van der Waals surface area contributed by atoms with E-state index < -0.39 is 122 Å². The third-order valence-electron chi connectivity index (χ3n) is 5.84. The molecule has 21 heteroatoms. The third-order valence-corrected chi connectivity index (χ3v) is 5.84. The van der Waals surface area contributed by atoms with E-state index in [1.807, 2.05) is 0 Å². The minimum atomic E-state index is -5.68. The Morgan fingerprint density at radius 2 is 1.22 bits per heavy atom. The van der Waals surface area contributed by atoms with Crippen LogP contribution in [0.3, 0.4) is 0 Å². The van der Waals surface area contributed by atoms with Crippen molar-refractivity contribution in [2.24, 2.45) is 4.99 Å². The second-order valence-electron chi connectivity index (χ2n) is 9.10. The fraction of sp³-hybridized carbons (Fsp3) is 0.250. The molecule has 2 rings (SSSR count). The second kappa shape index (κ2) is 14.1. The van der Waals surface area contributed by atoms with Crippen molar-refractivity contribution in [3.8, 4) is 24.3 Å². The average Bonchev–Trinajstić information content (AvgIpc) is 2.97. The predicted molar refractivity (Wildman–Crippen MR) is 136 cm³/mol. The molecule has 256 valence electrons. The van der Waals surface area contributed by atoms with Crippen molar-refractivity contribution >= 4 is 16.9 Å². The third kappa shape index (κ3) is 8.56. The van der Waals surface area contributed by atoms with Crippen LogP contribution >= 0.6 is 0 Å². The van der Waals surface area contributed by atoms with Crippen LogP contribution in [0, 0.1) is 57.0 Å². The number of nitriles is 4. The number of nitrogens with zero attached hydrogens (tertiary/aromatic N) is 7. The summed E-state index contributed by atoms with van der Waals surface area (Å²) in [6.45, 7) is 1.40. The van der Waals surface area contributed by atoms with Crippen molar-refractivity contribution in [1.82, 2.24) is 9.97 Å². The van der Waals surface area contributed by atoms with E-state index in [1.54, 1.807) is 0 Å². The highest BCUT2D eigenvalue weighted by atomic mass is 19.4. The summed E-state index contributed by atoms with van der Waals surface area (Å²) in [5, 5.41) is 35.3. The Labute approximate surface area is 264 Å². The molecule has 1 heterocycles. The second-order valence-corrected chi connectivity index (χ2v) is 9.10. The van der Waals surface area contributed by atoms with Gasteiger partial charge in [-0.2, -0.15) is 73.7 Å². The number of halogens is 14. The summed E-state index contributed by atoms with van der Waals surface area (Å²) in [6.07, 6.45) is -22.6. The van der Waals surface area contributed by atoms with Crippen molar-refractivity contribution in [1.29, 1.82) is 21.0 Å². The highest BCUT2D eigenvalue weighted by Crippen LogP contribution is 2.34. The lowest BCUT2D eigenvalue weighted by atomic mass is 9.97. The van der Waals surface area contributed by atoms with E-state index in [0.29, 0.717) is 6.08 Å². The summed E-state index contributed by atoms with van der Waals surface area (Å²) >= 11 is 0. The minimum absolute atomic E-state index is 0.217. The Balaban J connectivity index is 3.38. The molecule has 49 heavy (non-hydrogen) atoms. The molecule has 0 amide bonds. The summed E-state index contributed by atoms with van der Waals surface area (Å²) in [7, 11) is 0. The quantitative estimate of drug-likeness (QED) is 0.249. The normalized spacial score (nSPS) is 14.7. The van der Waals surface area contributed by atoms with E-state index in [0.717, 1.165) is 24.3 Å². The van der Waals surface area contributed by atoms with Gasteiger partial charge in [0, 0.05) is 5.57 Å². The molecule has 0 aliphatic carbocycles. The monoisotopic (exact) mass is 711 g/mol. The average molecular weight is 711 g/mol. The van der Waals surface area contributed by atoms with E-state index in [1.165, 1.54) is 6.92 Å². The molecule has 0 fully saturated rings. The topological polar surface area (TPSA) is 133 Å². The maximum absolute atomic E-state index is 16.0. The van der Waals surface area contributed by atoms with Crippen LogP contribution in [0.25, 0.3) is 11.1 Å². The lowest BCUT2D eigenvalue weighted by Crippen LogP contribution is -2.31. The summed E-state index contributed by atoms with van der Waals surface area (Å²) < 4.78 is 192. The molecule has 2 aromatic rings. The van der Waals surface area contributed by atoms with Gasteiger partial charge in [-0.1, -0.05) is 13.0 Å². The van der Waals surface area contributed by atoms with Gasteiger partial charge in [-0.25, -0.2) is 23.7 Å². The Morgan fingerprint density at radius 3 is 1.59 bits per heavy atom. The molecule has 0 bridgehead atoms. The number of aromatic nitrogens is 2. The van der Waals surface area contributed by atoms with Crippen LogP contribution in [0.4, 0.5) is 61.5 Å². The first-order valence-corrected chi connectivity index (χ1v) is 12.4. The van der Waals surface area contributed by atoms with Gasteiger partial charge in [0.2, 0.25) is 0 Å². The first-order chi connectivity index (χ1) is 22.4. The van der Waals surface area contributed by atoms with Crippen LogP contribution in [0.5, 0.6) is 0 Å². The van der Waals surface area contributed by atoms with Crippen LogP contribution in [0.1, 0.15) is 48.6 Å². The Hall–Kier alpha value is -5.83. The number of allylic oxidation sites excluding steroid dienone is 4.